The van der Waals surface area contributed by atoms with Crippen LogP contribution in [-0.2, 0) is 11.2 Å². The van der Waals surface area contributed by atoms with Crippen molar-refractivity contribution in [2.24, 2.45) is 0 Å². The van der Waals surface area contributed by atoms with Gasteiger partial charge in [-0.05, 0) is 37.1 Å². The molecule has 0 N–H and O–H groups in total. The number of rotatable bonds is 5. The Bertz CT molecular complexity index is 567. The minimum absolute atomic E-state index is 0.317. The highest BCUT2D eigenvalue weighted by molar-refractivity contribution is 6.34. The van der Waals surface area contributed by atoms with E-state index in [1.54, 1.807) is 19.2 Å². The van der Waals surface area contributed by atoms with Crippen LogP contribution in [0.3, 0.4) is 0 Å². The van der Waals surface area contributed by atoms with E-state index in [0.717, 1.165) is 6.42 Å². The Balaban J connectivity index is 2.27. The van der Waals surface area contributed by atoms with Crippen LogP contribution >= 0.6 is 23.2 Å². The van der Waals surface area contributed by atoms with Crippen LogP contribution in [0.5, 0.6) is 0 Å². The van der Waals surface area contributed by atoms with Crippen molar-refractivity contribution < 1.29 is 9.13 Å². The standard InChI is InChI=1S/C14H13Cl2FN2O/c1-20-8-2-3-11-12(15)18-14(19-13(11)16)9-4-6-10(17)7-5-9/h4-7H,2-3,8H2,1H3. The molecule has 0 aliphatic rings. The number of ether oxygens (including phenoxy) is 1. The van der Waals surface area contributed by atoms with Crippen molar-refractivity contribution in [2.75, 3.05) is 13.7 Å². The van der Waals surface area contributed by atoms with E-state index in [1.165, 1.54) is 12.1 Å². The van der Waals surface area contributed by atoms with Crippen molar-refractivity contribution in [2.45, 2.75) is 12.8 Å². The van der Waals surface area contributed by atoms with Gasteiger partial charge in [0.05, 0.1) is 0 Å². The normalized spacial score (nSPS) is 10.8. The molecule has 0 aliphatic carbocycles. The minimum Gasteiger partial charge on any atom is -0.385 e. The summed E-state index contributed by atoms with van der Waals surface area (Å²) in [5, 5.41) is 0.640. The third-order valence-corrected chi connectivity index (χ3v) is 3.41. The second kappa shape index (κ2) is 6.97. The molecule has 1 aromatic heterocycles. The first-order valence-electron chi connectivity index (χ1n) is 6.08. The molecule has 0 aliphatic heterocycles. The molecule has 0 spiro atoms. The molecule has 2 aromatic rings. The Morgan fingerprint density at radius 1 is 1.10 bits per heavy atom. The zero-order valence-corrected chi connectivity index (χ0v) is 12.4. The van der Waals surface area contributed by atoms with E-state index in [2.05, 4.69) is 9.97 Å². The van der Waals surface area contributed by atoms with E-state index in [0.29, 0.717) is 40.3 Å². The van der Waals surface area contributed by atoms with E-state index in [9.17, 15) is 4.39 Å². The van der Waals surface area contributed by atoms with Gasteiger partial charge in [0, 0.05) is 24.8 Å². The smallest absolute Gasteiger partial charge is 0.162 e. The molecule has 0 amide bonds. The molecule has 3 nitrogen and oxygen atoms in total. The monoisotopic (exact) mass is 314 g/mol. The first kappa shape index (κ1) is 15.2. The average molecular weight is 315 g/mol. The SMILES string of the molecule is COCCCc1c(Cl)nc(-c2ccc(F)cc2)nc1Cl. The molecule has 6 heteroatoms. The Morgan fingerprint density at radius 2 is 1.70 bits per heavy atom. The lowest BCUT2D eigenvalue weighted by molar-refractivity contribution is 0.195. The lowest BCUT2D eigenvalue weighted by atomic mass is 10.1. The minimum atomic E-state index is -0.317. The number of benzene rings is 1. The van der Waals surface area contributed by atoms with Crippen molar-refractivity contribution in [3.63, 3.8) is 0 Å². The van der Waals surface area contributed by atoms with Gasteiger partial charge >= 0.3 is 0 Å². The second-order valence-electron chi connectivity index (χ2n) is 4.21. The van der Waals surface area contributed by atoms with Crippen LogP contribution < -0.4 is 0 Å². The summed E-state index contributed by atoms with van der Waals surface area (Å²) in [7, 11) is 1.64. The van der Waals surface area contributed by atoms with Crippen LogP contribution in [0.15, 0.2) is 24.3 Å². The number of hydrogen-bond donors (Lipinski definition) is 0. The van der Waals surface area contributed by atoms with Crippen molar-refractivity contribution in [3.05, 3.63) is 46.0 Å². The Kier molecular flexibility index (Phi) is 5.29. The number of nitrogens with zero attached hydrogens (tertiary/aromatic N) is 2. The van der Waals surface area contributed by atoms with Gasteiger partial charge in [-0.2, -0.15) is 0 Å². The lowest BCUT2D eigenvalue weighted by Crippen LogP contribution is -2.00. The zero-order chi connectivity index (χ0) is 14.5. The maximum atomic E-state index is 12.9. The quantitative estimate of drug-likeness (QED) is 0.613. The second-order valence-corrected chi connectivity index (χ2v) is 4.93. The Labute approximate surface area is 126 Å². The topological polar surface area (TPSA) is 35.0 Å². The Morgan fingerprint density at radius 3 is 2.25 bits per heavy atom. The molecule has 2 rings (SSSR count). The first-order chi connectivity index (χ1) is 9.61. The van der Waals surface area contributed by atoms with Gasteiger partial charge in [0.25, 0.3) is 0 Å². The van der Waals surface area contributed by atoms with Crippen molar-refractivity contribution in [1.82, 2.24) is 9.97 Å². The molecule has 0 bridgehead atoms. The summed E-state index contributed by atoms with van der Waals surface area (Å²) in [6.07, 6.45) is 1.43. The van der Waals surface area contributed by atoms with Crippen molar-refractivity contribution in [3.8, 4) is 11.4 Å². The van der Waals surface area contributed by atoms with E-state index in [1.807, 2.05) is 0 Å². The molecule has 1 aromatic carbocycles. The summed E-state index contributed by atoms with van der Waals surface area (Å²) in [4.78, 5) is 8.44. The molecule has 0 saturated carbocycles. The van der Waals surface area contributed by atoms with Crippen LogP contribution in [0.25, 0.3) is 11.4 Å². The molecule has 0 fully saturated rings. The van der Waals surface area contributed by atoms with E-state index < -0.39 is 0 Å². The molecule has 0 atom stereocenters. The molecule has 0 unspecified atom stereocenters. The van der Waals surface area contributed by atoms with E-state index in [4.69, 9.17) is 27.9 Å². The summed E-state index contributed by atoms with van der Waals surface area (Å²) in [5.41, 5.74) is 1.37. The molecular formula is C14H13Cl2FN2O. The maximum absolute atomic E-state index is 12.9. The maximum Gasteiger partial charge on any atom is 0.162 e. The fraction of sp³-hybridized carbons (Fsp3) is 0.286. The predicted molar refractivity (Wildman–Crippen MR) is 77.6 cm³/mol. The predicted octanol–water partition coefficient (Wildman–Crippen LogP) is 4.17. The largest absolute Gasteiger partial charge is 0.385 e. The molecule has 106 valence electrons. The van der Waals surface area contributed by atoms with E-state index >= 15 is 0 Å². The number of aromatic nitrogens is 2. The highest BCUT2D eigenvalue weighted by Crippen LogP contribution is 2.26. The summed E-state index contributed by atoms with van der Waals surface area (Å²) in [5.74, 6) is 0.0672. The van der Waals surface area contributed by atoms with Crippen LogP contribution in [-0.4, -0.2) is 23.7 Å². The summed E-state index contributed by atoms with van der Waals surface area (Å²) in [6, 6.07) is 5.85. The average Bonchev–Trinajstić information content (AvgIpc) is 2.42. The summed E-state index contributed by atoms with van der Waals surface area (Å²) < 4.78 is 17.9. The number of methoxy groups -OCH3 is 1. The van der Waals surface area contributed by atoms with Gasteiger partial charge in [-0.15, -0.1) is 0 Å². The van der Waals surface area contributed by atoms with Gasteiger partial charge in [-0.25, -0.2) is 14.4 Å². The molecule has 1 heterocycles. The fourth-order valence-electron chi connectivity index (χ4n) is 1.76. The van der Waals surface area contributed by atoms with E-state index in [-0.39, 0.29) is 5.82 Å². The molecule has 20 heavy (non-hydrogen) atoms. The van der Waals surface area contributed by atoms with Crippen LogP contribution in [0.1, 0.15) is 12.0 Å². The fourth-order valence-corrected chi connectivity index (χ4v) is 2.34. The summed E-state index contributed by atoms with van der Waals surface area (Å²) >= 11 is 12.3. The van der Waals surface area contributed by atoms with Gasteiger partial charge in [0.1, 0.15) is 16.1 Å². The van der Waals surface area contributed by atoms with Gasteiger partial charge in [0.15, 0.2) is 5.82 Å². The third-order valence-electron chi connectivity index (χ3n) is 2.78. The molecule has 0 radical (unpaired) electrons. The van der Waals surface area contributed by atoms with Gasteiger partial charge < -0.3 is 4.74 Å². The van der Waals surface area contributed by atoms with Crippen molar-refractivity contribution in [1.29, 1.82) is 0 Å². The zero-order valence-electron chi connectivity index (χ0n) is 10.9. The highest BCUT2D eigenvalue weighted by Gasteiger charge is 2.12. The lowest BCUT2D eigenvalue weighted by Gasteiger charge is -2.08. The highest BCUT2D eigenvalue weighted by atomic mass is 35.5. The number of hydrogen-bond acceptors (Lipinski definition) is 3. The van der Waals surface area contributed by atoms with Crippen LogP contribution in [0, 0.1) is 5.82 Å². The molecule has 0 saturated heterocycles. The van der Waals surface area contributed by atoms with Crippen LogP contribution in [0.2, 0.25) is 10.3 Å². The van der Waals surface area contributed by atoms with Gasteiger partial charge in [-0.3, -0.25) is 0 Å². The number of halogens is 3. The van der Waals surface area contributed by atoms with Crippen molar-refractivity contribution >= 4 is 23.2 Å². The summed E-state index contributed by atoms with van der Waals surface area (Å²) in [6.45, 7) is 0.617. The van der Waals surface area contributed by atoms with Gasteiger partial charge in [-0.1, -0.05) is 23.2 Å². The Hall–Kier alpha value is -1.23. The first-order valence-corrected chi connectivity index (χ1v) is 6.84. The van der Waals surface area contributed by atoms with Gasteiger partial charge in [0.2, 0.25) is 0 Å². The third kappa shape index (κ3) is 3.66. The molecular weight excluding hydrogens is 302 g/mol. The van der Waals surface area contributed by atoms with Crippen LogP contribution in [0.4, 0.5) is 4.39 Å².